The summed E-state index contributed by atoms with van der Waals surface area (Å²) in [4.78, 5) is 34.0. The van der Waals surface area contributed by atoms with E-state index in [0.717, 1.165) is 64.2 Å². The lowest BCUT2D eigenvalue weighted by Gasteiger charge is -2.15. The van der Waals surface area contributed by atoms with Gasteiger partial charge in [-0.1, -0.05) is 182 Å². The Morgan fingerprint density at radius 1 is 0.525 bits per heavy atom. The second-order valence-corrected chi connectivity index (χ2v) is 16.8. The van der Waals surface area contributed by atoms with Crippen LogP contribution >= 0.6 is 7.82 Å². The molecule has 9 nitrogen and oxygen atoms in total. The predicted octanol–water partition coefficient (Wildman–Crippen LogP) is 13.8. The first-order chi connectivity index (χ1) is 29.8. The van der Waals surface area contributed by atoms with Crippen molar-refractivity contribution in [3.05, 3.63) is 97.2 Å². The molecule has 0 rings (SSSR count). The van der Waals surface area contributed by atoms with Crippen LogP contribution in [0.4, 0.5) is 0 Å². The van der Waals surface area contributed by atoms with Gasteiger partial charge in [-0.2, -0.15) is 0 Å². The molecule has 0 bridgehead atoms. The number of aliphatic hydroxyl groups is 1. The van der Waals surface area contributed by atoms with Gasteiger partial charge in [0.1, 0.15) is 12.7 Å². The molecule has 348 valence electrons. The number of allylic oxidation sites excluding steroid dienone is 16. The van der Waals surface area contributed by atoms with Crippen LogP contribution in [-0.2, 0) is 27.9 Å². The van der Waals surface area contributed by atoms with Crippen LogP contribution in [0.15, 0.2) is 97.2 Å². The second kappa shape index (κ2) is 46.4. The van der Waals surface area contributed by atoms with Crippen LogP contribution in [0.5, 0.6) is 0 Å². The van der Waals surface area contributed by atoms with Crippen LogP contribution < -0.4 is 5.32 Å². The van der Waals surface area contributed by atoms with Gasteiger partial charge in [0.05, 0.1) is 13.2 Å². The minimum atomic E-state index is -4.45. The molecule has 0 saturated heterocycles. The van der Waals surface area contributed by atoms with Crippen molar-refractivity contribution in [1.82, 2.24) is 5.32 Å². The SMILES string of the molecule is CC/C=C\C/C=C\C/C=C\C/C=C\C/C=C\C/C=C\CCC(=O)NCCOP(=O)(O)OCC(O)COC(=O)CCCCCCCCCCCCC/C=C\C/C=C\CCCCC. The standard InChI is InChI=1S/C51H86NO8P/c1-3-5-7-9-11-13-15-17-19-21-23-24-26-28-30-32-34-36-38-40-42-44-51(55)58-47-49(53)48-60-61(56,57)59-46-45-52-50(54)43-41-39-37-35-33-31-29-27-25-22-20-18-16-14-12-10-8-6-4-2/h6,8,11-14,17-20,25,27,31,33,37,39,49,53H,3-5,7,9-10,15-16,21-24,26,28-30,32,34-36,38,40-48H2,1-2H3,(H,52,54)(H,56,57)/b8-6-,13-11-,14-12-,19-17-,20-18-,27-25-,33-31-,39-37-. The highest BCUT2D eigenvalue weighted by Crippen LogP contribution is 2.42. The summed E-state index contributed by atoms with van der Waals surface area (Å²) in [5.74, 6) is -0.610. The first kappa shape index (κ1) is 57.9. The van der Waals surface area contributed by atoms with Crippen LogP contribution in [-0.4, -0.2) is 54.3 Å². The topological polar surface area (TPSA) is 131 Å². The van der Waals surface area contributed by atoms with Gasteiger partial charge in [0.25, 0.3) is 0 Å². The van der Waals surface area contributed by atoms with Crippen molar-refractivity contribution < 1.29 is 37.9 Å². The number of hydrogen-bond donors (Lipinski definition) is 3. The summed E-state index contributed by atoms with van der Waals surface area (Å²) >= 11 is 0. The lowest BCUT2D eigenvalue weighted by molar-refractivity contribution is -0.147. The number of carbonyl (C=O) groups is 2. The normalized spacial score (nSPS) is 14.1. The number of phosphoric ester groups is 1. The third-order valence-electron chi connectivity index (χ3n) is 9.51. The van der Waals surface area contributed by atoms with Crippen LogP contribution in [0, 0.1) is 0 Å². The number of rotatable bonds is 43. The average molecular weight is 872 g/mol. The zero-order valence-electron chi connectivity index (χ0n) is 38.3. The number of unbranched alkanes of at least 4 members (excludes halogenated alkanes) is 14. The van der Waals surface area contributed by atoms with Gasteiger partial charge in [-0.25, -0.2) is 4.57 Å². The molecular formula is C51H86NO8P. The van der Waals surface area contributed by atoms with Crippen molar-refractivity contribution in [1.29, 1.82) is 0 Å². The van der Waals surface area contributed by atoms with Crippen molar-refractivity contribution in [3.63, 3.8) is 0 Å². The molecule has 0 aliphatic carbocycles. The highest BCUT2D eigenvalue weighted by molar-refractivity contribution is 7.47. The molecule has 0 aliphatic rings. The largest absolute Gasteiger partial charge is 0.472 e. The smallest absolute Gasteiger partial charge is 0.463 e. The van der Waals surface area contributed by atoms with Crippen LogP contribution in [0.2, 0.25) is 0 Å². The minimum Gasteiger partial charge on any atom is -0.463 e. The second-order valence-electron chi connectivity index (χ2n) is 15.3. The van der Waals surface area contributed by atoms with E-state index >= 15 is 0 Å². The van der Waals surface area contributed by atoms with Crippen LogP contribution in [0.1, 0.15) is 181 Å². The van der Waals surface area contributed by atoms with Gasteiger partial charge in [-0.05, 0) is 83.5 Å². The van der Waals surface area contributed by atoms with E-state index in [1.54, 1.807) is 0 Å². The molecule has 0 aromatic heterocycles. The lowest BCUT2D eigenvalue weighted by atomic mass is 10.0. The molecule has 0 heterocycles. The molecule has 0 aliphatic heterocycles. The molecule has 0 spiro atoms. The zero-order valence-corrected chi connectivity index (χ0v) is 39.2. The third kappa shape index (κ3) is 47.8. The Morgan fingerprint density at radius 2 is 0.951 bits per heavy atom. The molecule has 2 unspecified atom stereocenters. The van der Waals surface area contributed by atoms with Crippen molar-refractivity contribution in [2.75, 3.05) is 26.4 Å². The number of aliphatic hydroxyl groups excluding tert-OH is 1. The first-order valence-electron chi connectivity index (χ1n) is 23.7. The zero-order chi connectivity index (χ0) is 44.6. The molecule has 0 aromatic carbocycles. The van der Waals surface area contributed by atoms with Gasteiger partial charge < -0.3 is 20.1 Å². The number of nitrogens with one attached hydrogen (secondary N) is 1. The van der Waals surface area contributed by atoms with E-state index in [1.165, 1.54) is 83.5 Å². The number of ether oxygens (including phenoxy) is 1. The van der Waals surface area contributed by atoms with Crippen LogP contribution in [0.25, 0.3) is 0 Å². The summed E-state index contributed by atoms with van der Waals surface area (Å²) in [6.07, 6.45) is 60.7. The Morgan fingerprint density at radius 3 is 1.44 bits per heavy atom. The Kier molecular flexibility index (Phi) is 44.1. The molecule has 2 atom stereocenters. The van der Waals surface area contributed by atoms with E-state index < -0.39 is 26.5 Å². The van der Waals surface area contributed by atoms with Crippen molar-refractivity contribution in [3.8, 4) is 0 Å². The van der Waals surface area contributed by atoms with Gasteiger partial charge in [0.2, 0.25) is 5.91 Å². The fraction of sp³-hybridized carbons (Fsp3) is 0.647. The molecule has 0 saturated carbocycles. The molecule has 0 radical (unpaired) electrons. The number of carbonyl (C=O) groups excluding carboxylic acids is 2. The summed E-state index contributed by atoms with van der Waals surface area (Å²) in [6, 6.07) is 0. The highest BCUT2D eigenvalue weighted by Gasteiger charge is 2.23. The van der Waals surface area contributed by atoms with Crippen LogP contribution in [0.3, 0.4) is 0 Å². The number of esters is 1. The van der Waals surface area contributed by atoms with Gasteiger partial charge in [-0.3, -0.25) is 18.6 Å². The van der Waals surface area contributed by atoms with E-state index in [9.17, 15) is 24.2 Å². The molecule has 0 fully saturated rings. The van der Waals surface area contributed by atoms with Gasteiger partial charge in [0.15, 0.2) is 0 Å². The summed E-state index contributed by atoms with van der Waals surface area (Å²) in [5.41, 5.74) is 0. The molecular weight excluding hydrogens is 786 g/mol. The molecule has 3 N–H and O–H groups in total. The summed E-state index contributed by atoms with van der Waals surface area (Å²) in [7, 11) is -4.45. The van der Waals surface area contributed by atoms with E-state index in [4.69, 9.17) is 13.8 Å². The molecule has 1 amide bonds. The number of amides is 1. The molecule has 61 heavy (non-hydrogen) atoms. The van der Waals surface area contributed by atoms with E-state index in [0.29, 0.717) is 6.42 Å². The fourth-order valence-electron chi connectivity index (χ4n) is 5.96. The maximum atomic E-state index is 12.1. The van der Waals surface area contributed by atoms with E-state index in [2.05, 4.69) is 104 Å². The summed E-state index contributed by atoms with van der Waals surface area (Å²) in [6.45, 7) is 3.31. The number of hydrogen-bond acceptors (Lipinski definition) is 7. The average Bonchev–Trinajstić information content (AvgIpc) is 3.25. The van der Waals surface area contributed by atoms with Crippen molar-refractivity contribution in [2.24, 2.45) is 0 Å². The lowest BCUT2D eigenvalue weighted by Crippen LogP contribution is -2.27. The highest BCUT2D eigenvalue weighted by atomic mass is 31.2. The summed E-state index contributed by atoms with van der Waals surface area (Å²) in [5, 5.41) is 12.7. The van der Waals surface area contributed by atoms with Crippen molar-refractivity contribution >= 4 is 19.7 Å². The van der Waals surface area contributed by atoms with Gasteiger partial charge in [-0.15, -0.1) is 0 Å². The minimum absolute atomic E-state index is 0.0349. The van der Waals surface area contributed by atoms with Crippen molar-refractivity contribution in [2.45, 2.75) is 187 Å². The maximum Gasteiger partial charge on any atom is 0.472 e. The molecule has 0 aromatic rings. The molecule has 10 heteroatoms. The van der Waals surface area contributed by atoms with E-state index in [-0.39, 0.29) is 38.5 Å². The van der Waals surface area contributed by atoms with E-state index in [1.807, 2.05) is 12.2 Å². The van der Waals surface area contributed by atoms with Gasteiger partial charge in [0, 0.05) is 19.4 Å². The fourth-order valence-corrected chi connectivity index (χ4v) is 6.72. The monoisotopic (exact) mass is 872 g/mol. The predicted molar refractivity (Wildman–Crippen MR) is 256 cm³/mol. The Bertz CT molecular complexity index is 1320. The first-order valence-corrected chi connectivity index (χ1v) is 25.2. The Hall–Kier alpha value is -3.07. The number of phosphoric acid groups is 1. The maximum absolute atomic E-state index is 12.1. The van der Waals surface area contributed by atoms with Gasteiger partial charge >= 0.3 is 13.8 Å². The quantitative estimate of drug-likeness (QED) is 0.0239. The summed E-state index contributed by atoms with van der Waals surface area (Å²) < 4.78 is 26.9. The third-order valence-corrected chi connectivity index (χ3v) is 10.5. The Balaban J connectivity index is 3.68. The Labute approximate surface area is 372 Å².